The number of aromatic nitrogens is 1. The van der Waals surface area contributed by atoms with Gasteiger partial charge in [-0.3, -0.25) is 0 Å². The number of anilines is 3. The lowest BCUT2D eigenvalue weighted by Gasteiger charge is -2.12. The Morgan fingerprint density at radius 1 is 1.03 bits per heavy atom. The van der Waals surface area contributed by atoms with Crippen molar-refractivity contribution in [2.24, 2.45) is 0 Å². The molecule has 0 radical (unpaired) electrons. The number of nitrogens with one attached hydrogen (secondary N) is 2. The number of urea groups is 1. The van der Waals surface area contributed by atoms with Crippen LogP contribution >= 0.6 is 11.3 Å². The van der Waals surface area contributed by atoms with Gasteiger partial charge in [-0.2, -0.15) is 13.2 Å². The van der Waals surface area contributed by atoms with Crippen LogP contribution in [0.25, 0.3) is 21.2 Å². The molecule has 5 nitrogen and oxygen atoms in total. The van der Waals surface area contributed by atoms with Crippen LogP contribution in [0.5, 0.6) is 0 Å². The third-order valence-electron chi connectivity index (χ3n) is 4.51. The molecule has 0 atom stereocenters. The van der Waals surface area contributed by atoms with E-state index in [2.05, 4.69) is 15.6 Å². The molecule has 31 heavy (non-hydrogen) atoms. The number of amides is 2. The highest BCUT2D eigenvalue weighted by atomic mass is 32.1. The first-order chi connectivity index (χ1) is 14.7. The van der Waals surface area contributed by atoms with Crippen molar-refractivity contribution in [2.75, 3.05) is 16.4 Å². The maximum absolute atomic E-state index is 13.8. The van der Waals surface area contributed by atoms with Gasteiger partial charge in [-0.15, -0.1) is 11.3 Å². The summed E-state index contributed by atoms with van der Waals surface area (Å²) in [6, 6.07) is 9.54. The number of nitrogen functional groups attached to an aromatic ring is 1. The standard InChI is InChI=1S/C21H14F4N4OS/c22-15-6-3-12(21(23,24)25)9-16(15)29-20(30)28-13-4-1-11(2-5-13)14-10-31-17-7-8-27-19(26)18(14)17/h1-10H,(H2,26,27)(H2,28,29,30). The van der Waals surface area contributed by atoms with E-state index in [9.17, 15) is 22.4 Å². The van der Waals surface area contributed by atoms with E-state index in [1.54, 1.807) is 30.5 Å². The molecule has 2 amide bonds. The Bertz CT molecular complexity index is 1270. The smallest absolute Gasteiger partial charge is 0.383 e. The van der Waals surface area contributed by atoms with E-state index in [4.69, 9.17) is 5.73 Å². The molecule has 0 fully saturated rings. The van der Waals surface area contributed by atoms with Crippen molar-refractivity contribution in [3.05, 3.63) is 71.5 Å². The first-order valence-corrected chi connectivity index (χ1v) is 9.77. The minimum atomic E-state index is -4.65. The minimum absolute atomic E-state index is 0.374. The van der Waals surface area contributed by atoms with Crippen LogP contribution in [0, 0.1) is 5.82 Å². The second-order valence-corrected chi connectivity index (χ2v) is 7.48. The van der Waals surface area contributed by atoms with Gasteiger partial charge in [0.1, 0.15) is 11.6 Å². The third kappa shape index (κ3) is 4.29. The number of nitrogens with two attached hydrogens (primary N) is 1. The Morgan fingerprint density at radius 2 is 1.77 bits per heavy atom. The van der Waals surface area contributed by atoms with E-state index >= 15 is 0 Å². The number of hydrogen-bond donors (Lipinski definition) is 3. The van der Waals surface area contributed by atoms with E-state index in [-0.39, 0.29) is 0 Å². The first-order valence-electron chi connectivity index (χ1n) is 8.89. The normalized spacial score (nSPS) is 11.5. The molecule has 0 spiro atoms. The minimum Gasteiger partial charge on any atom is -0.383 e. The Labute approximate surface area is 177 Å². The molecular formula is C21H14F4N4OS. The maximum atomic E-state index is 13.8. The number of carbonyl (C=O) groups excluding carboxylic acids is 1. The van der Waals surface area contributed by atoms with Gasteiger partial charge in [0, 0.05) is 27.5 Å². The lowest BCUT2D eigenvalue weighted by molar-refractivity contribution is -0.137. The number of alkyl halides is 3. The SMILES string of the molecule is Nc1nccc2scc(-c3ccc(NC(=O)Nc4cc(C(F)(F)F)ccc4F)cc3)c12. The number of thiophene rings is 1. The van der Waals surface area contributed by atoms with Gasteiger partial charge in [-0.05, 0) is 47.3 Å². The molecule has 4 N–H and O–H groups in total. The Hall–Kier alpha value is -3.66. The van der Waals surface area contributed by atoms with Gasteiger partial charge >= 0.3 is 12.2 Å². The van der Waals surface area contributed by atoms with Crippen LogP contribution in [0.4, 0.5) is 39.5 Å². The topological polar surface area (TPSA) is 80.0 Å². The van der Waals surface area contributed by atoms with E-state index in [1.807, 2.05) is 11.4 Å². The van der Waals surface area contributed by atoms with Crippen LogP contribution < -0.4 is 16.4 Å². The van der Waals surface area contributed by atoms with Crippen LogP contribution in [0.15, 0.2) is 60.1 Å². The number of pyridine rings is 1. The summed E-state index contributed by atoms with van der Waals surface area (Å²) >= 11 is 1.53. The average molecular weight is 446 g/mol. The summed E-state index contributed by atoms with van der Waals surface area (Å²) in [6.45, 7) is 0. The summed E-state index contributed by atoms with van der Waals surface area (Å²) in [7, 11) is 0. The molecule has 2 aromatic heterocycles. The van der Waals surface area contributed by atoms with Crippen molar-refractivity contribution < 1.29 is 22.4 Å². The van der Waals surface area contributed by atoms with Gasteiger partial charge in [0.25, 0.3) is 0 Å². The summed E-state index contributed by atoms with van der Waals surface area (Å²) in [5, 5.41) is 7.35. The third-order valence-corrected chi connectivity index (χ3v) is 5.46. The molecule has 0 saturated heterocycles. The quantitative estimate of drug-likeness (QED) is 0.321. The van der Waals surface area contributed by atoms with Gasteiger partial charge in [-0.1, -0.05) is 12.1 Å². The zero-order valence-electron chi connectivity index (χ0n) is 15.6. The Morgan fingerprint density at radius 3 is 2.48 bits per heavy atom. The monoisotopic (exact) mass is 446 g/mol. The average Bonchev–Trinajstić information content (AvgIpc) is 3.15. The van der Waals surface area contributed by atoms with E-state index in [0.29, 0.717) is 29.7 Å². The van der Waals surface area contributed by atoms with Crippen molar-refractivity contribution in [3.8, 4) is 11.1 Å². The highest BCUT2D eigenvalue weighted by molar-refractivity contribution is 7.17. The van der Waals surface area contributed by atoms with Gasteiger partial charge in [0.2, 0.25) is 0 Å². The summed E-state index contributed by atoms with van der Waals surface area (Å²) in [6.07, 6.45) is -3.02. The van der Waals surface area contributed by atoms with Crippen molar-refractivity contribution in [1.29, 1.82) is 0 Å². The van der Waals surface area contributed by atoms with Crippen LogP contribution in [-0.2, 0) is 6.18 Å². The molecule has 0 unspecified atom stereocenters. The highest BCUT2D eigenvalue weighted by Gasteiger charge is 2.31. The van der Waals surface area contributed by atoms with Gasteiger partial charge in [-0.25, -0.2) is 14.2 Å². The number of fused-ring (bicyclic) bond motifs is 1. The lowest BCUT2D eigenvalue weighted by Crippen LogP contribution is -2.20. The predicted molar refractivity (Wildman–Crippen MR) is 114 cm³/mol. The van der Waals surface area contributed by atoms with Crippen molar-refractivity contribution in [1.82, 2.24) is 4.98 Å². The van der Waals surface area contributed by atoms with Crippen LogP contribution in [-0.4, -0.2) is 11.0 Å². The number of hydrogen-bond acceptors (Lipinski definition) is 4. The number of carbonyl (C=O) groups is 1. The molecular weight excluding hydrogens is 432 g/mol. The molecule has 0 aliphatic heterocycles. The van der Waals surface area contributed by atoms with Crippen LogP contribution in [0.3, 0.4) is 0 Å². The van der Waals surface area contributed by atoms with E-state index < -0.39 is 29.3 Å². The molecule has 158 valence electrons. The van der Waals surface area contributed by atoms with Crippen LogP contribution in [0.2, 0.25) is 0 Å². The molecule has 2 aromatic carbocycles. The van der Waals surface area contributed by atoms with E-state index in [1.165, 1.54) is 11.3 Å². The van der Waals surface area contributed by atoms with Gasteiger partial charge in [0.05, 0.1) is 11.3 Å². The number of nitrogens with zero attached hydrogens (tertiary/aromatic N) is 1. The van der Waals surface area contributed by atoms with Crippen LogP contribution in [0.1, 0.15) is 5.56 Å². The molecule has 4 rings (SSSR count). The lowest BCUT2D eigenvalue weighted by atomic mass is 10.1. The summed E-state index contributed by atoms with van der Waals surface area (Å²) in [4.78, 5) is 16.2. The van der Waals surface area contributed by atoms with Crippen molar-refractivity contribution in [3.63, 3.8) is 0 Å². The molecule has 4 aromatic rings. The zero-order chi connectivity index (χ0) is 22.2. The Balaban J connectivity index is 1.50. The number of halogens is 4. The molecule has 10 heteroatoms. The van der Waals surface area contributed by atoms with Crippen molar-refractivity contribution in [2.45, 2.75) is 6.18 Å². The summed E-state index contributed by atoms with van der Waals surface area (Å²) in [5.41, 5.74) is 6.47. The molecule has 0 aliphatic carbocycles. The number of rotatable bonds is 3. The molecule has 0 aliphatic rings. The fraction of sp³-hybridized carbons (Fsp3) is 0.0476. The Kier molecular flexibility index (Phi) is 5.24. The summed E-state index contributed by atoms with van der Waals surface area (Å²) < 4.78 is 53.2. The largest absolute Gasteiger partial charge is 0.416 e. The van der Waals surface area contributed by atoms with Crippen molar-refractivity contribution >= 4 is 44.6 Å². The fourth-order valence-electron chi connectivity index (χ4n) is 3.04. The maximum Gasteiger partial charge on any atom is 0.416 e. The zero-order valence-corrected chi connectivity index (χ0v) is 16.4. The predicted octanol–water partition coefficient (Wildman–Crippen LogP) is 6.35. The molecule has 0 bridgehead atoms. The number of benzene rings is 2. The fourth-order valence-corrected chi connectivity index (χ4v) is 4.01. The second-order valence-electron chi connectivity index (χ2n) is 6.57. The second kappa shape index (κ2) is 7.88. The van der Waals surface area contributed by atoms with Gasteiger partial charge in [0.15, 0.2) is 0 Å². The summed E-state index contributed by atoms with van der Waals surface area (Å²) in [5.74, 6) is -0.563. The highest BCUT2D eigenvalue weighted by Crippen LogP contribution is 2.37. The van der Waals surface area contributed by atoms with E-state index in [0.717, 1.165) is 21.2 Å². The van der Waals surface area contributed by atoms with Gasteiger partial charge < -0.3 is 16.4 Å². The first kappa shape index (κ1) is 20.6. The molecule has 0 saturated carbocycles. The molecule has 2 heterocycles.